The number of carbonyl (C=O) groups excluding carboxylic acids is 1. The van der Waals surface area contributed by atoms with Gasteiger partial charge in [0.2, 0.25) is 5.91 Å². The van der Waals surface area contributed by atoms with Crippen LogP contribution in [0.5, 0.6) is 0 Å². The number of halogens is 4. The molecule has 1 aliphatic carbocycles. The fraction of sp³-hybridized carbons (Fsp3) is 0.435. The van der Waals surface area contributed by atoms with Crippen molar-refractivity contribution in [1.29, 1.82) is 0 Å². The highest BCUT2D eigenvalue weighted by Gasteiger charge is 2.48. The molecule has 32 heavy (non-hydrogen) atoms. The Morgan fingerprint density at radius 3 is 2.47 bits per heavy atom. The van der Waals surface area contributed by atoms with E-state index in [1.54, 1.807) is 13.0 Å². The van der Waals surface area contributed by atoms with Crippen LogP contribution >= 0.6 is 0 Å². The third-order valence-corrected chi connectivity index (χ3v) is 7.06. The maximum absolute atomic E-state index is 15.4. The van der Waals surface area contributed by atoms with E-state index in [0.717, 1.165) is 25.0 Å². The smallest absolute Gasteiger partial charge is 0.226 e. The summed E-state index contributed by atoms with van der Waals surface area (Å²) >= 11 is 0. The van der Waals surface area contributed by atoms with E-state index in [0.29, 0.717) is 6.07 Å². The van der Waals surface area contributed by atoms with Gasteiger partial charge < -0.3 is 4.90 Å². The number of rotatable bonds is 7. The monoisotopic (exact) mass is 468 g/mol. The number of hydrogen-bond donors (Lipinski definition) is 1. The van der Waals surface area contributed by atoms with Crippen LogP contribution in [-0.4, -0.2) is 45.6 Å². The van der Waals surface area contributed by atoms with Crippen molar-refractivity contribution in [2.75, 3.05) is 12.3 Å². The van der Waals surface area contributed by atoms with Crippen molar-refractivity contribution in [3.05, 3.63) is 59.4 Å². The van der Waals surface area contributed by atoms with Crippen molar-refractivity contribution >= 4 is 16.9 Å². The standard InChI is InChI=1S/C23H24F4N2O2S/c1-2-32(31)28-22-19(26)12-29(23(30)13-6-7-13)20(22)10-14-4-3-5-18(21(14)27)15-8-16(24)11-17(25)9-15/h3-5,8-9,11,13,19-20,22,28H,2,6-7,10,12H2,1H3/t19-,20-,22-,32?/m0/s1. The lowest BCUT2D eigenvalue weighted by Gasteiger charge is -2.29. The minimum absolute atomic E-state index is 0.0115. The second-order valence-corrected chi connectivity index (χ2v) is 9.77. The molecule has 1 N–H and O–H groups in total. The van der Waals surface area contributed by atoms with Crippen LogP contribution in [0.15, 0.2) is 36.4 Å². The third kappa shape index (κ3) is 4.73. The average molecular weight is 469 g/mol. The van der Waals surface area contributed by atoms with Gasteiger partial charge in [0, 0.05) is 23.3 Å². The fourth-order valence-electron chi connectivity index (χ4n) is 4.21. The number of alkyl halides is 1. The molecule has 0 radical (unpaired) electrons. The molecule has 4 atom stereocenters. The first-order valence-electron chi connectivity index (χ1n) is 10.6. The molecule has 1 saturated carbocycles. The minimum Gasteiger partial charge on any atom is -0.334 e. The van der Waals surface area contributed by atoms with E-state index in [4.69, 9.17) is 0 Å². The van der Waals surface area contributed by atoms with Crippen LogP contribution in [0.1, 0.15) is 25.3 Å². The van der Waals surface area contributed by atoms with Crippen molar-refractivity contribution in [2.45, 2.75) is 44.4 Å². The third-order valence-electron chi connectivity index (χ3n) is 6.00. The quantitative estimate of drug-likeness (QED) is 0.627. The van der Waals surface area contributed by atoms with E-state index >= 15 is 4.39 Å². The number of nitrogens with zero attached hydrogens (tertiary/aromatic N) is 1. The van der Waals surface area contributed by atoms with E-state index < -0.39 is 46.7 Å². The Bertz CT molecular complexity index is 1030. The molecule has 2 aromatic carbocycles. The van der Waals surface area contributed by atoms with Gasteiger partial charge in [-0.05, 0) is 42.5 Å². The topological polar surface area (TPSA) is 49.4 Å². The van der Waals surface area contributed by atoms with E-state index in [1.165, 1.54) is 17.0 Å². The SMILES string of the molecule is CCS(=O)N[C@H]1[C@@H](F)CN(C(=O)C2CC2)[C@H]1Cc1cccc(-c2cc(F)cc(F)c2)c1F. The van der Waals surface area contributed by atoms with Crippen LogP contribution in [0.4, 0.5) is 17.6 Å². The van der Waals surface area contributed by atoms with E-state index in [9.17, 15) is 22.2 Å². The number of amides is 1. The summed E-state index contributed by atoms with van der Waals surface area (Å²) in [6, 6.07) is 5.61. The van der Waals surface area contributed by atoms with Gasteiger partial charge in [0.25, 0.3) is 0 Å². The van der Waals surface area contributed by atoms with Gasteiger partial charge in [-0.1, -0.05) is 25.1 Å². The Labute approximate surface area is 186 Å². The molecule has 9 heteroatoms. The summed E-state index contributed by atoms with van der Waals surface area (Å²) < 4.78 is 72.5. The molecule has 1 heterocycles. The summed E-state index contributed by atoms with van der Waals surface area (Å²) in [6.45, 7) is 1.55. The Kier molecular flexibility index (Phi) is 6.67. The molecule has 172 valence electrons. The zero-order valence-corrected chi connectivity index (χ0v) is 18.3. The van der Waals surface area contributed by atoms with Gasteiger partial charge in [-0.3, -0.25) is 4.79 Å². The fourth-order valence-corrected chi connectivity index (χ4v) is 4.98. The van der Waals surface area contributed by atoms with Gasteiger partial charge in [0.05, 0.1) is 29.6 Å². The predicted molar refractivity (Wildman–Crippen MR) is 114 cm³/mol. The van der Waals surface area contributed by atoms with Gasteiger partial charge in [-0.15, -0.1) is 0 Å². The van der Waals surface area contributed by atoms with Crippen LogP contribution < -0.4 is 4.72 Å². The maximum Gasteiger partial charge on any atom is 0.226 e. The van der Waals surface area contributed by atoms with E-state index in [2.05, 4.69) is 4.72 Å². The van der Waals surface area contributed by atoms with Crippen LogP contribution in [0.3, 0.4) is 0 Å². The lowest BCUT2D eigenvalue weighted by atomic mass is 9.95. The van der Waals surface area contributed by atoms with E-state index in [1.807, 2.05) is 0 Å². The zero-order valence-electron chi connectivity index (χ0n) is 17.5. The summed E-state index contributed by atoms with van der Waals surface area (Å²) in [5.41, 5.74) is 0.246. The number of likely N-dealkylation sites (tertiary alicyclic amines) is 1. The molecular weight excluding hydrogens is 444 g/mol. The van der Waals surface area contributed by atoms with Gasteiger partial charge >= 0.3 is 0 Å². The highest BCUT2D eigenvalue weighted by Crippen LogP contribution is 2.36. The predicted octanol–water partition coefficient (Wildman–Crippen LogP) is 3.91. The molecule has 0 aromatic heterocycles. The molecule has 2 aliphatic rings. The van der Waals surface area contributed by atoms with Crippen LogP contribution in [0.25, 0.3) is 11.1 Å². The molecule has 1 aliphatic heterocycles. The molecule has 0 spiro atoms. The van der Waals surface area contributed by atoms with Crippen molar-refractivity contribution < 1.29 is 26.6 Å². The highest BCUT2D eigenvalue weighted by atomic mass is 32.2. The van der Waals surface area contributed by atoms with Gasteiger partial charge in [0.1, 0.15) is 23.6 Å². The molecule has 4 nitrogen and oxygen atoms in total. The molecule has 1 amide bonds. The highest BCUT2D eigenvalue weighted by molar-refractivity contribution is 7.83. The largest absolute Gasteiger partial charge is 0.334 e. The summed E-state index contributed by atoms with van der Waals surface area (Å²) in [5.74, 6) is -2.39. The molecular formula is C23H24F4N2O2S. The van der Waals surface area contributed by atoms with Crippen LogP contribution in [-0.2, 0) is 22.2 Å². The molecule has 0 bridgehead atoms. The van der Waals surface area contributed by atoms with Crippen molar-refractivity contribution in [2.24, 2.45) is 5.92 Å². The number of nitrogens with one attached hydrogen (secondary N) is 1. The lowest BCUT2D eigenvalue weighted by molar-refractivity contribution is -0.133. The van der Waals surface area contributed by atoms with Crippen LogP contribution in [0, 0.1) is 23.4 Å². The Balaban J connectivity index is 1.67. The van der Waals surface area contributed by atoms with Crippen LogP contribution in [0.2, 0.25) is 0 Å². The second-order valence-electron chi connectivity index (χ2n) is 8.27. The van der Waals surface area contributed by atoms with Gasteiger partial charge in [-0.2, -0.15) is 0 Å². The molecule has 4 rings (SSSR count). The molecule has 1 unspecified atom stereocenters. The Morgan fingerprint density at radius 2 is 1.84 bits per heavy atom. The maximum atomic E-state index is 15.4. The molecule has 2 fully saturated rings. The molecule has 2 aromatic rings. The zero-order chi connectivity index (χ0) is 23.0. The first kappa shape index (κ1) is 22.9. The Morgan fingerprint density at radius 1 is 1.16 bits per heavy atom. The summed E-state index contributed by atoms with van der Waals surface area (Å²) in [6.07, 6.45) is 0.0243. The average Bonchev–Trinajstić information content (AvgIpc) is 3.55. The number of hydrogen-bond acceptors (Lipinski definition) is 2. The van der Waals surface area contributed by atoms with Crippen molar-refractivity contribution in [1.82, 2.24) is 9.62 Å². The van der Waals surface area contributed by atoms with E-state index in [-0.39, 0.29) is 47.2 Å². The Hall–Kier alpha value is -2.26. The van der Waals surface area contributed by atoms with Gasteiger partial charge in [0.15, 0.2) is 0 Å². The van der Waals surface area contributed by atoms with Gasteiger partial charge in [-0.25, -0.2) is 26.5 Å². The summed E-state index contributed by atoms with van der Waals surface area (Å²) in [4.78, 5) is 14.2. The second kappa shape index (κ2) is 9.31. The molecule has 1 saturated heterocycles. The number of carbonyl (C=O) groups is 1. The first-order chi connectivity index (χ1) is 15.3. The van der Waals surface area contributed by atoms with Crippen molar-refractivity contribution in [3.63, 3.8) is 0 Å². The summed E-state index contributed by atoms with van der Waals surface area (Å²) in [5, 5.41) is 0. The van der Waals surface area contributed by atoms with Crippen molar-refractivity contribution in [3.8, 4) is 11.1 Å². The normalized spacial score (nSPS) is 24.0. The first-order valence-corrected chi connectivity index (χ1v) is 11.9. The summed E-state index contributed by atoms with van der Waals surface area (Å²) in [7, 11) is -1.49. The number of benzene rings is 2. The lowest BCUT2D eigenvalue weighted by Crippen LogP contribution is -2.49. The minimum atomic E-state index is -1.49.